The molecule has 0 fully saturated rings. The van der Waals surface area contributed by atoms with Crippen molar-refractivity contribution in [2.24, 2.45) is 10.3 Å². The highest BCUT2D eigenvalue weighted by molar-refractivity contribution is 5.90. The fourth-order valence-corrected chi connectivity index (χ4v) is 3.30. The molecule has 2 amide bonds. The molecular formula is C24H26N4O6. The summed E-state index contributed by atoms with van der Waals surface area (Å²) in [7, 11) is 1.50. The number of hydrogen-bond acceptors (Lipinski definition) is 8. The van der Waals surface area contributed by atoms with Crippen molar-refractivity contribution in [2.45, 2.75) is 32.4 Å². The lowest BCUT2D eigenvalue weighted by molar-refractivity contribution is -0.865. The minimum absolute atomic E-state index is 0.0740. The number of benzene rings is 2. The normalized spacial score (nSPS) is 17.8. The molecular weight excluding hydrogens is 440 g/mol. The molecule has 0 spiro atoms. The third kappa shape index (κ3) is 5.65. The molecule has 1 heterocycles. The number of likely N-dealkylation sites (N-methyl/N-ethyl adjacent to an activating group) is 1. The summed E-state index contributed by atoms with van der Waals surface area (Å²) in [6, 6.07) is 13.9. The Labute approximate surface area is 197 Å². The van der Waals surface area contributed by atoms with Crippen LogP contribution < -0.4 is 9.84 Å². The molecule has 34 heavy (non-hydrogen) atoms. The van der Waals surface area contributed by atoms with Gasteiger partial charge in [-0.05, 0) is 57.2 Å². The van der Waals surface area contributed by atoms with Gasteiger partial charge in [0.05, 0.1) is 12.1 Å². The van der Waals surface area contributed by atoms with Gasteiger partial charge >= 0.3 is 12.1 Å². The number of esters is 1. The van der Waals surface area contributed by atoms with Crippen molar-refractivity contribution in [2.75, 3.05) is 13.6 Å². The molecule has 2 unspecified atom stereocenters. The zero-order valence-corrected chi connectivity index (χ0v) is 19.4. The summed E-state index contributed by atoms with van der Waals surface area (Å²) in [5.74, 6) is -0.250. The minimum atomic E-state index is -1.51. The van der Waals surface area contributed by atoms with E-state index in [4.69, 9.17) is 9.47 Å². The molecule has 10 heteroatoms. The number of nitrogens with zero attached hydrogens (tertiary/aromatic N) is 4. The lowest BCUT2D eigenvalue weighted by atomic mass is 10.0. The van der Waals surface area contributed by atoms with Gasteiger partial charge in [-0.2, -0.15) is 0 Å². The summed E-state index contributed by atoms with van der Waals surface area (Å²) in [4.78, 5) is 38.2. The van der Waals surface area contributed by atoms with Gasteiger partial charge in [-0.3, -0.25) is 0 Å². The van der Waals surface area contributed by atoms with Crippen LogP contribution in [-0.2, 0) is 4.74 Å². The van der Waals surface area contributed by atoms with E-state index in [-0.39, 0.29) is 12.3 Å². The van der Waals surface area contributed by atoms with Crippen LogP contribution in [0.4, 0.5) is 9.59 Å². The minimum Gasteiger partial charge on any atom is -0.496 e. The average Bonchev–Trinajstić information content (AvgIpc) is 3.28. The van der Waals surface area contributed by atoms with Crippen molar-refractivity contribution < 1.29 is 33.6 Å². The van der Waals surface area contributed by atoms with E-state index < -0.39 is 34.4 Å². The number of amides is 2. The highest BCUT2D eigenvalue weighted by Gasteiger charge is 2.44. The summed E-state index contributed by atoms with van der Waals surface area (Å²) in [6.45, 7) is 5.13. The van der Waals surface area contributed by atoms with Crippen LogP contribution in [0.25, 0.3) is 0 Å². The summed E-state index contributed by atoms with van der Waals surface area (Å²) in [5.41, 5.74) is 0.177. The molecule has 3 rings (SSSR count). The van der Waals surface area contributed by atoms with Gasteiger partial charge in [0.25, 0.3) is 6.09 Å². The third-order valence-electron chi connectivity index (χ3n) is 4.96. The van der Waals surface area contributed by atoms with Crippen LogP contribution >= 0.6 is 0 Å². The molecule has 0 N–H and O–H groups in total. The molecule has 0 aliphatic carbocycles. The summed E-state index contributed by atoms with van der Waals surface area (Å²) >= 11 is 0. The fourth-order valence-electron chi connectivity index (χ4n) is 3.30. The van der Waals surface area contributed by atoms with Crippen LogP contribution in [-0.4, -0.2) is 46.8 Å². The second kappa shape index (κ2) is 9.84. The van der Waals surface area contributed by atoms with Crippen LogP contribution in [0.2, 0.25) is 0 Å². The van der Waals surface area contributed by atoms with Gasteiger partial charge in [0, 0.05) is 17.8 Å². The number of rotatable bonds is 6. The van der Waals surface area contributed by atoms with Crippen molar-refractivity contribution in [3.8, 4) is 5.75 Å². The second-order valence-corrected chi connectivity index (χ2v) is 8.71. The smallest absolute Gasteiger partial charge is 0.410 e. The van der Waals surface area contributed by atoms with Gasteiger partial charge in [-0.25, -0.2) is 9.59 Å². The second-order valence-electron chi connectivity index (χ2n) is 8.71. The third-order valence-corrected chi connectivity index (χ3v) is 4.96. The Morgan fingerprint density at radius 2 is 1.71 bits per heavy atom. The Bertz CT molecular complexity index is 1090. The van der Waals surface area contributed by atoms with E-state index in [0.717, 1.165) is 0 Å². The van der Waals surface area contributed by atoms with E-state index in [2.05, 4.69) is 10.3 Å². The molecule has 0 radical (unpaired) electrons. The van der Waals surface area contributed by atoms with Crippen molar-refractivity contribution in [1.82, 2.24) is 4.90 Å². The number of ether oxygens (including phenoxy) is 2. The van der Waals surface area contributed by atoms with Crippen molar-refractivity contribution in [3.63, 3.8) is 0 Å². The first-order valence-electron chi connectivity index (χ1n) is 10.5. The molecule has 1 aliphatic heterocycles. The lowest BCUT2D eigenvalue weighted by Gasteiger charge is -2.35. The Kier molecular flexibility index (Phi) is 7.11. The molecule has 2 atom stereocenters. The van der Waals surface area contributed by atoms with Crippen molar-refractivity contribution in [3.05, 3.63) is 78.1 Å². The summed E-state index contributed by atoms with van der Waals surface area (Å²) < 4.78 is 9.79. The molecule has 178 valence electrons. The molecule has 0 bridgehead atoms. The average molecular weight is 466 g/mol. The van der Waals surface area contributed by atoms with Gasteiger partial charge < -0.3 is 24.3 Å². The molecule has 0 saturated carbocycles. The van der Waals surface area contributed by atoms with E-state index in [1.165, 1.54) is 24.3 Å². The Balaban J connectivity index is 1.87. The van der Waals surface area contributed by atoms with Crippen LogP contribution in [0, 0.1) is 0 Å². The SMILES string of the molecule is CN(CC(c1ccc(OC(=O)c2ccccc2)cc1)[N+]1(C(=O)[O-])C=CN=N1)C(=O)OC(C)(C)C. The quantitative estimate of drug-likeness (QED) is 0.362. The van der Waals surface area contributed by atoms with Crippen LogP contribution in [0.5, 0.6) is 5.75 Å². The molecule has 2 aromatic rings. The first kappa shape index (κ1) is 24.6. The molecule has 0 aromatic heterocycles. The van der Waals surface area contributed by atoms with E-state index in [1.807, 2.05) is 0 Å². The topological polar surface area (TPSA) is 121 Å². The van der Waals surface area contributed by atoms with E-state index in [9.17, 15) is 19.5 Å². The molecule has 0 saturated heterocycles. The van der Waals surface area contributed by atoms with Gasteiger partial charge in [0.1, 0.15) is 17.6 Å². The maximum atomic E-state index is 12.5. The summed E-state index contributed by atoms with van der Waals surface area (Å²) in [6.07, 6.45) is 0.389. The van der Waals surface area contributed by atoms with Crippen molar-refractivity contribution >= 4 is 18.2 Å². The largest absolute Gasteiger partial charge is 0.496 e. The van der Waals surface area contributed by atoms with E-state index in [0.29, 0.717) is 11.1 Å². The number of hydrogen-bond donors (Lipinski definition) is 0. The Morgan fingerprint density at radius 1 is 1.06 bits per heavy atom. The first-order chi connectivity index (χ1) is 16.0. The summed E-state index contributed by atoms with van der Waals surface area (Å²) in [5, 5.41) is 19.7. The number of carbonyl (C=O) groups excluding carboxylic acids is 3. The highest BCUT2D eigenvalue weighted by Crippen LogP contribution is 2.35. The monoisotopic (exact) mass is 466 g/mol. The van der Waals surface area contributed by atoms with Crippen LogP contribution in [0.3, 0.4) is 0 Å². The van der Waals surface area contributed by atoms with Gasteiger partial charge in [-0.1, -0.05) is 22.8 Å². The highest BCUT2D eigenvalue weighted by atomic mass is 16.6. The Hall–Kier alpha value is -4.05. The van der Waals surface area contributed by atoms with Crippen LogP contribution in [0.15, 0.2) is 77.3 Å². The zero-order valence-electron chi connectivity index (χ0n) is 19.4. The maximum Gasteiger partial charge on any atom is 0.410 e. The van der Waals surface area contributed by atoms with E-state index >= 15 is 0 Å². The predicted molar refractivity (Wildman–Crippen MR) is 119 cm³/mol. The first-order valence-corrected chi connectivity index (χ1v) is 10.5. The van der Waals surface area contributed by atoms with E-state index in [1.54, 1.807) is 75.4 Å². The predicted octanol–water partition coefficient (Wildman–Crippen LogP) is 3.83. The Morgan fingerprint density at radius 3 is 2.24 bits per heavy atom. The van der Waals surface area contributed by atoms with Crippen molar-refractivity contribution in [1.29, 1.82) is 0 Å². The molecule has 10 nitrogen and oxygen atoms in total. The van der Waals surface area contributed by atoms with Gasteiger partial charge in [-0.15, -0.1) is 5.11 Å². The van der Waals surface area contributed by atoms with Gasteiger partial charge in [0.15, 0.2) is 12.2 Å². The standard InChI is InChI=1S/C24H26N4O6/c1-24(2,3)34-22(30)27(4)16-20(28(23(31)32)15-14-25-26-28)17-10-12-19(13-11-17)33-21(29)18-8-6-5-7-9-18/h5-15,20H,16H2,1-4H3. The maximum absolute atomic E-state index is 12.5. The zero-order chi connectivity index (χ0) is 24.9. The molecule has 1 aliphatic rings. The number of quaternary nitrogens is 1. The number of carboxylic acid groups (broad SMARTS) is 1. The van der Waals surface area contributed by atoms with Gasteiger partial charge in [0.2, 0.25) is 0 Å². The lowest BCUT2D eigenvalue weighted by Crippen LogP contribution is -2.55. The molecule has 2 aromatic carbocycles. The van der Waals surface area contributed by atoms with Crippen LogP contribution in [0.1, 0.15) is 42.7 Å². The number of carbonyl (C=O) groups is 3. The fraction of sp³-hybridized carbons (Fsp3) is 0.292.